The fourth-order valence-electron chi connectivity index (χ4n) is 5.21. The zero-order valence-corrected chi connectivity index (χ0v) is 16.3. The number of Topliss-reactive ketones (excluding diaryl/α,β-unsaturated/α-hetero) is 1. The van der Waals surface area contributed by atoms with Gasteiger partial charge < -0.3 is 14.6 Å². The number of benzene rings is 1. The summed E-state index contributed by atoms with van der Waals surface area (Å²) in [4.78, 5) is 35.8. The van der Waals surface area contributed by atoms with Crippen molar-refractivity contribution in [2.24, 2.45) is 5.41 Å². The molecule has 1 saturated carbocycles. The van der Waals surface area contributed by atoms with E-state index in [0.717, 1.165) is 41.5 Å². The average Bonchev–Trinajstić information content (AvgIpc) is 2.90. The van der Waals surface area contributed by atoms with Crippen molar-refractivity contribution in [2.75, 3.05) is 0 Å². The van der Waals surface area contributed by atoms with Crippen LogP contribution in [-0.2, 0) is 36.7 Å². The first-order chi connectivity index (χ1) is 13.2. The van der Waals surface area contributed by atoms with E-state index in [1.54, 1.807) is 0 Å². The first-order valence-electron chi connectivity index (χ1n) is 9.64. The van der Waals surface area contributed by atoms with Crippen LogP contribution < -0.4 is 0 Å². The van der Waals surface area contributed by atoms with E-state index in [0.29, 0.717) is 12.2 Å². The van der Waals surface area contributed by atoms with Crippen molar-refractivity contribution in [3.05, 3.63) is 40.1 Å². The second-order valence-corrected chi connectivity index (χ2v) is 8.28. The molecule has 4 rings (SSSR count). The van der Waals surface area contributed by atoms with Crippen molar-refractivity contribution < 1.29 is 29.0 Å². The molecule has 0 amide bonds. The highest BCUT2D eigenvalue weighted by Crippen LogP contribution is 2.55. The van der Waals surface area contributed by atoms with Gasteiger partial charge in [-0.05, 0) is 53.5 Å². The number of esters is 2. The molecule has 0 unspecified atom stereocenters. The van der Waals surface area contributed by atoms with Crippen LogP contribution in [0.15, 0.2) is 17.9 Å². The smallest absolute Gasteiger partial charge is 0.319 e. The predicted octanol–water partition coefficient (Wildman–Crippen LogP) is 3.36. The highest BCUT2D eigenvalue weighted by atomic mass is 16.7. The number of carbonyl (C=O) groups excluding carboxylic acids is 3. The average molecular weight is 384 g/mol. The maximum Gasteiger partial charge on any atom is 0.319 e. The van der Waals surface area contributed by atoms with Crippen LogP contribution in [0.4, 0.5) is 0 Å². The summed E-state index contributed by atoms with van der Waals surface area (Å²) in [5.41, 5.74) is 3.66. The molecule has 3 aliphatic carbocycles. The summed E-state index contributed by atoms with van der Waals surface area (Å²) in [7, 11) is 0. The predicted molar refractivity (Wildman–Crippen MR) is 100 cm³/mol. The number of rotatable bonds is 2. The SMILES string of the molecule is CC(=O)OC1(OC(C)=O)Cc2c(ccc3c2CC[C@]2(C)C(=O)CC[C@@H]32)C=C1O. The Kier molecular flexibility index (Phi) is 4.14. The fraction of sp³-hybridized carbons (Fsp3) is 0.500. The monoisotopic (exact) mass is 384 g/mol. The van der Waals surface area contributed by atoms with E-state index in [-0.39, 0.29) is 23.5 Å². The van der Waals surface area contributed by atoms with Crippen LogP contribution in [0.2, 0.25) is 0 Å². The Labute approximate surface area is 163 Å². The maximum atomic E-state index is 12.5. The molecule has 1 aromatic rings. The quantitative estimate of drug-likeness (QED) is 0.621. The standard InChI is InChI=1S/C22H24O6/c1-12(23)27-22(28-13(2)24)11-17-14(10-20(22)26)4-5-16-15(17)8-9-21(3)18(16)6-7-19(21)25/h4-5,10,18,26H,6-9,11H2,1-3H3/t18-,21-/m0/s1. The summed E-state index contributed by atoms with van der Waals surface area (Å²) in [5.74, 6) is -2.95. The van der Waals surface area contributed by atoms with E-state index in [1.807, 2.05) is 12.1 Å². The van der Waals surface area contributed by atoms with E-state index in [9.17, 15) is 19.5 Å². The van der Waals surface area contributed by atoms with Crippen LogP contribution in [-0.4, -0.2) is 28.6 Å². The molecule has 0 radical (unpaired) electrons. The summed E-state index contributed by atoms with van der Waals surface area (Å²) >= 11 is 0. The molecule has 0 aromatic heterocycles. The van der Waals surface area contributed by atoms with Gasteiger partial charge in [-0.15, -0.1) is 0 Å². The summed E-state index contributed by atoms with van der Waals surface area (Å²) in [6.45, 7) is 4.48. The molecule has 148 valence electrons. The lowest BCUT2D eigenvalue weighted by molar-refractivity contribution is -0.221. The molecule has 28 heavy (non-hydrogen) atoms. The van der Waals surface area contributed by atoms with Crippen molar-refractivity contribution >= 4 is 23.8 Å². The first kappa shape index (κ1) is 18.7. The van der Waals surface area contributed by atoms with Crippen LogP contribution in [0.25, 0.3) is 6.08 Å². The number of aliphatic hydroxyl groups is 1. The molecule has 0 heterocycles. The largest absolute Gasteiger partial charge is 0.505 e. The van der Waals surface area contributed by atoms with Crippen LogP contribution in [0.1, 0.15) is 68.2 Å². The molecule has 2 atom stereocenters. The minimum absolute atomic E-state index is 0.0599. The van der Waals surface area contributed by atoms with Gasteiger partial charge in [-0.25, -0.2) is 0 Å². The van der Waals surface area contributed by atoms with Gasteiger partial charge in [-0.1, -0.05) is 19.1 Å². The van der Waals surface area contributed by atoms with E-state index in [4.69, 9.17) is 9.47 Å². The minimum atomic E-state index is -1.84. The van der Waals surface area contributed by atoms with Crippen molar-refractivity contribution in [1.82, 2.24) is 0 Å². The molecule has 0 aliphatic heterocycles. The molecule has 1 N–H and O–H groups in total. The first-order valence-corrected chi connectivity index (χ1v) is 9.64. The molecule has 0 spiro atoms. The minimum Gasteiger partial charge on any atom is -0.505 e. The van der Waals surface area contributed by atoms with Gasteiger partial charge in [0.2, 0.25) is 0 Å². The van der Waals surface area contributed by atoms with E-state index in [2.05, 4.69) is 6.92 Å². The summed E-state index contributed by atoms with van der Waals surface area (Å²) in [6, 6.07) is 3.97. The van der Waals surface area contributed by atoms with Gasteiger partial charge in [0.1, 0.15) is 5.78 Å². The van der Waals surface area contributed by atoms with E-state index < -0.39 is 17.7 Å². The molecule has 6 nitrogen and oxygen atoms in total. The van der Waals surface area contributed by atoms with Gasteiger partial charge in [-0.3, -0.25) is 14.4 Å². The van der Waals surface area contributed by atoms with E-state index >= 15 is 0 Å². The number of hydrogen-bond acceptors (Lipinski definition) is 6. The highest BCUT2D eigenvalue weighted by Gasteiger charge is 2.51. The second-order valence-electron chi connectivity index (χ2n) is 8.28. The second kappa shape index (κ2) is 6.19. The molecular weight excluding hydrogens is 360 g/mol. The molecular formula is C22H24O6. The molecule has 3 aliphatic rings. The Morgan fingerprint density at radius 2 is 1.79 bits per heavy atom. The Morgan fingerprint density at radius 1 is 1.11 bits per heavy atom. The third-order valence-electron chi connectivity index (χ3n) is 6.55. The zero-order valence-electron chi connectivity index (χ0n) is 16.3. The summed E-state index contributed by atoms with van der Waals surface area (Å²) in [6.07, 6.45) is 4.49. The van der Waals surface area contributed by atoms with Crippen molar-refractivity contribution in [3.63, 3.8) is 0 Å². The van der Waals surface area contributed by atoms with Gasteiger partial charge in [0.25, 0.3) is 0 Å². The molecule has 6 heteroatoms. The van der Waals surface area contributed by atoms with Gasteiger partial charge in [0.05, 0.1) is 6.42 Å². The van der Waals surface area contributed by atoms with Gasteiger partial charge >= 0.3 is 17.7 Å². The van der Waals surface area contributed by atoms with Crippen molar-refractivity contribution in [1.29, 1.82) is 0 Å². The molecule has 0 saturated heterocycles. The number of fused-ring (bicyclic) bond motifs is 5. The number of ether oxygens (including phenoxy) is 2. The number of carbonyl (C=O) groups is 3. The van der Waals surface area contributed by atoms with Crippen LogP contribution >= 0.6 is 0 Å². The van der Waals surface area contributed by atoms with E-state index in [1.165, 1.54) is 19.9 Å². The number of aliphatic hydroxyl groups excluding tert-OH is 1. The Balaban J connectivity index is 1.82. The topological polar surface area (TPSA) is 89.9 Å². The molecule has 1 fully saturated rings. The highest BCUT2D eigenvalue weighted by molar-refractivity contribution is 5.88. The fourth-order valence-corrected chi connectivity index (χ4v) is 5.21. The van der Waals surface area contributed by atoms with Crippen molar-refractivity contribution in [2.45, 2.75) is 64.6 Å². The zero-order chi connectivity index (χ0) is 20.3. The lowest BCUT2D eigenvalue weighted by atomic mass is 9.65. The third-order valence-corrected chi connectivity index (χ3v) is 6.55. The molecule has 0 bridgehead atoms. The Morgan fingerprint density at radius 3 is 2.43 bits per heavy atom. The van der Waals surface area contributed by atoms with Gasteiger partial charge in [-0.2, -0.15) is 0 Å². The Bertz CT molecular complexity index is 911. The van der Waals surface area contributed by atoms with Crippen LogP contribution in [0.5, 0.6) is 0 Å². The normalized spacial score (nSPS) is 27.2. The number of hydrogen-bond donors (Lipinski definition) is 1. The van der Waals surface area contributed by atoms with Crippen molar-refractivity contribution in [3.8, 4) is 0 Å². The molecule has 1 aromatic carbocycles. The maximum absolute atomic E-state index is 12.5. The lowest BCUT2D eigenvalue weighted by Gasteiger charge is -2.40. The summed E-state index contributed by atoms with van der Waals surface area (Å²) in [5, 5.41) is 10.6. The van der Waals surface area contributed by atoms with Crippen LogP contribution in [0.3, 0.4) is 0 Å². The Hall–Kier alpha value is -2.63. The number of ketones is 1. The third kappa shape index (κ3) is 2.65. The van der Waals surface area contributed by atoms with Gasteiger partial charge in [0, 0.05) is 25.7 Å². The van der Waals surface area contributed by atoms with Gasteiger partial charge in [0.15, 0.2) is 5.76 Å². The summed E-state index contributed by atoms with van der Waals surface area (Å²) < 4.78 is 10.6. The lowest BCUT2D eigenvalue weighted by Crippen LogP contribution is -2.45. The van der Waals surface area contributed by atoms with Crippen LogP contribution in [0, 0.1) is 5.41 Å².